The summed E-state index contributed by atoms with van der Waals surface area (Å²) in [5.74, 6) is -2.13. The third kappa shape index (κ3) is 2.46. The summed E-state index contributed by atoms with van der Waals surface area (Å²) in [6, 6.07) is 1.55. The van der Waals surface area contributed by atoms with Gasteiger partial charge < -0.3 is 0 Å². The summed E-state index contributed by atoms with van der Waals surface area (Å²) in [7, 11) is 0. The molecule has 16 heavy (non-hydrogen) atoms. The van der Waals surface area contributed by atoms with Crippen molar-refractivity contribution in [3.63, 3.8) is 0 Å². The molecule has 0 saturated heterocycles. The van der Waals surface area contributed by atoms with Crippen molar-refractivity contribution < 1.29 is 18.5 Å². The van der Waals surface area contributed by atoms with Gasteiger partial charge in [-0.3, -0.25) is 10.1 Å². The summed E-state index contributed by atoms with van der Waals surface area (Å²) in [6.45, 7) is -0.168. The lowest BCUT2D eigenvalue weighted by Crippen LogP contribution is -2.02. The number of hydrogen-bond donors (Lipinski definition) is 0. The average molecular weight is 228 g/mol. The number of nitrogens with zero attached hydrogens (tertiary/aromatic N) is 2. The number of nitro benzene ring substituents is 1. The Kier molecular flexibility index (Phi) is 3.79. The summed E-state index contributed by atoms with van der Waals surface area (Å²) in [4.78, 5) is 22.3. The van der Waals surface area contributed by atoms with Crippen molar-refractivity contribution in [3.8, 4) is 0 Å². The first-order valence-electron chi connectivity index (χ1n) is 4.22. The smallest absolute Gasteiger partial charge is 0.258 e. The zero-order valence-electron chi connectivity index (χ0n) is 7.94. The second-order valence-corrected chi connectivity index (χ2v) is 2.84. The quantitative estimate of drug-likeness (QED) is 0.341. The Labute approximate surface area is 88.6 Å². The third-order valence-corrected chi connectivity index (χ3v) is 1.90. The van der Waals surface area contributed by atoms with E-state index in [4.69, 9.17) is 0 Å². The van der Waals surface area contributed by atoms with Crippen LogP contribution in [0, 0.1) is 21.7 Å². The molecule has 0 heterocycles. The number of halogens is 2. The Morgan fingerprint density at radius 2 is 2.12 bits per heavy atom. The van der Waals surface area contributed by atoms with Crippen molar-refractivity contribution in [3.05, 3.63) is 39.4 Å². The molecule has 1 aromatic carbocycles. The molecule has 84 valence electrons. The minimum Gasteiger partial charge on any atom is -0.258 e. The normalized spacial score (nSPS) is 9.62. The van der Waals surface area contributed by atoms with Crippen LogP contribution in [0.3, 0.4) is 0 Å². The molecule has 0 saturated carbocycles. The zero-order chi connectivity index (χ0) is 12.1. The van der Waals surface area contributed by atoms with Crippen LogP contribution >= 0.6 is 0 Å². The number of carbonyl (C=O) groups excluding carboxylic acids is 1. The van der Waals surface area contributed by atoms with E-state index in [-0.39, 0.29) is 13.0 Å². The maximum absolute atomic E-state index is 13.4. The molecule has 5 nitrogen and oxygen atoms in total. The predicted octanol–water partition coefficient (Wildman–Crippen LogP) is 1.75. The highest BCUT2D eigenvalue weighted by atomic mass is 19.1. The molecule has 0 aromatic heterocycles. The van der Waals surface area contributed by atoms with E-state index < -0.39 is 27.8 Å². The van der Waals surface area contributed by atoms with Gasteiger partial charge in [-0.05, 0) is 12.5 Å². The highest BCUT2D eigenvalue weighted by Gasteiger charge is 2.20. The van der Waals surface area contributed by atoms with Crippen LogP contribution in [0.5, 0.6) is 0 Å². The van der Waals surface area contributed by atoms with Crippen molar-refractivity contribution >= 4 is 11.8 Å². The van der Waals surface area contributed by atoms with Crippen LogP contribution in [0.1, 0.15) is 5.56 Å². The Morgan fingerprint density at radius 1 is 1.44 bits per heavy atom. The van der Waals surface area contributed by atoms with Gasteiger partial charge in [-0.2, -0.15) is 4.39 Å². The van der Waals surface area contributed by atoms with E-state index in [1.54, 1.807) is 0 Å². The molecule has 0 unspecified atom stereocenters. The molecule has 0 radical (unpaired) electrons. The van der Waals surface area contributed by atoms with Crippen LogP contribution in [0.4, 0.5) is 14.5 Å². The van der Waals surface area contributed by atoms with Gasteiger partial charge in [-0.15, -0.1) is 0 Å². The molecule has 0 bridgehead atoms. The topological polar surface area (TPSA) is 72.6 Å². The van der Waals surface area contributed by atoms with E-state index in [1.807, 2.05) is 0 Å². The van der Waals surface area contributed by atoms with Crippen LogP contribution in [-0.4, -0.2) is 17.5 Å². The van der Waals surface area contributed by atoms with Crippen LogP contribution in [-0.2, 0) is 11.2 Å². The van der Waals surface area contributed by atoms with Gasteiger partial charge >= 0.3 is 5.69 Å². The van der Waals surface area contributed by atoms with E-state index in [2.05, 4.69) is 4.99 Å². The van der Waals surface area contributed by atoms with E-state index >= 15 is 0 Å². The van der Waals surface area contributed by atoms with E-state index in [0.717, 1.165) is 12.1 Å². The highest BCUT2D eigenvalue weighted by Crippen LogP contribution is 2.23. The zero-order valence-corrected chi connectivity index (χ0v) is 7.94. The van der Waals surface area contributed by atoms with Crippen LogP contribution in [0.15, 0.2) is 17.1 Å². The van der Waals surface area contributed by atoms with Crippen LogP contribution < -0.4 is 0 Å². The summed E-state index contributed by atoms with van der Waals surface area (Å²) in [5.41, 5.74) is -1.25. The van der Waals surface area contributed by atoms with Crippen molar-refractivity contribution in [2.24, 2.45) is 4.99 Å². The summed E-state index contributed by atoms with van der Waals surface area (Å²) in [6.07, 6.45) is 0.983. The fourth-order valence-corrected chi connectivity index (χ4v) is 1.17. The first-order valence-corrected chi connectivity index (χ1v) is 4.22. The number of benzene rings is 1. The van der Waals surface area contributed by atoms with Crippen molar-refractivity contribution in [1.29, 1.82) is 0 Å². The Bertz CT molecular complexity index is 470. The monoisotopic (exact) mass is 228 g/mol. The molecule has 0 atom stereocenters. The lowest BCUT2D eigenvalue weighted by molar-refractivity contribution is -0.387. The van der Waals surface area contributed by atoms with Gasteiger partial charge in [0.1, 0.15) is 5.82 Å². The van der Waals surface area contributed by atoms with Crippen molar-refractivity contribution in [2.75, 3.05) is 6.54 Å². The Balaban J connectivity index is 3.10. The van der Waals surface area contributed by atoms with Gasteiger partial charge in [0.15, 0.2) is 0 Å². The summed E-state index contributed by atoms with van der Waals surface area (Å²) < 4.78 is 26.5. The molecule has 0 spiro atoms. The maximum atomic E-state index is 13.4. The van der Waals surface area contributed by atoms with Gasteiger partial charge in [0.25, 0.3) is 0 Å². The fraction of sp³-hybridized carbons (Fsp3) is 0.222. The standard InChI is InChI=1S/C9H6F2N2O3/c10-7-1-2-8(13(15)16)9(11)6(7)3-4-12-5-14/h1-2H,3-4H2. The second kappa shape index (κ2) is 5.09. The molecule has 0 aliphatic rings. The van der Waals surface area contributed by atoms with E-state index in [9.17, 15) is 23.7 Å². The van der Waals surface area contributed by atoms with Gasteiger partial charge in [0, 0.05) is 11.6 Å². The lowest BCUT2D eigenvalue weighted by Gasteiger charge is -2.02. The largest absolute Gasteiger partial charge is 0.305 e. The van der Waals surface area contributed by atoms with E-state index in [1.165, 1.54) is 6.08 Å². The molecule has 0 fully saturated rings. The lowest BCUT2D eigenvalue weighted by atomic mass is 10.1. The van der Waals surface area contributed by atoms with Crippen LogP contribution in [0.2, 0.25) is 0 Å². The molecule has 0 amide bonds. The Morgan fingerprint density at radius 3 is 2.69 bits per heavy atom. The molecular weight excluding hydrogens is 222 g/mol. The first kappa shape index (κ1) is 11.9. The molecule has 1 rings (SSSR count). The SMILES string of the molecule is O=C=NCCc1c(F)ccc([N+](=O)[O-])c1F. The van der Waals surface area contributed by atoms with Crippen LogP contribution in [0.25, 0.3) is 0 Å². The minimum absolute atomic E-state index is 0.168. The summed E-state index contributed by atoms with van der Waals surface area (Å²) >= 11 is 0. The van der Waals surface area contributed by atoms with Gasteiger partial charge in [0.2, 0.25) is 11.9 Å². The number of hydrogen-bond acceptors (Lipinski definition) is 4. The molecule has 7 heteroatoms. The maximum Gasteiger partial charge on any atom is 0.305 e. The second-order valence-electron chi connectivity index (χ2n) is 2.84. The van der Waals surface area contributed by atoms with Gasteiger partial charge in [0.05, 0.1) is 11.5 Å². The number of rotatable bonds is 4. The Hall–Kier alpha value is -2.14. The molecule has 0 N–H and O–H groups in total. The summed E-state index contributed by atoms with van der Waals surface area (Å²) in [5, 5.41) is 10.4. The highest BCUT2D eigenvalue weighted by molar-refractivity contribution is 5.38. The number of nitro groups is 1. The van der Waals surface area contributed by atoms with E-state index in [0.29, 0.717) is 0 Å². The predicted molar refractivity (Wildman–Crippen MR) is 49.7 cm³/mol. The molecule has 0 aliphatic carbocycles. The van der Waals surface area contributed by atoms with Crippen molar-refractivity contribution in [2.45, 2.75) is 6.42 Å². The minimum atomic E-state index is -1.23. The number of isocyanates is 1. The molecule has 1 aromatic rings. The average Bonchev–Trinajstić information content (AvgIpc) is 2.22. The van der Waals surface area contributed by atoms with Gasteiger partial charge in [-0.25, -0.2) is 14.2 Å². The van der Waals surface area contributed by atoms with Crippen molar-refractivity contribution in [1.82, 2.24) is 0 Å². The first-order chi connectivity index (χ1) is 7.57. The molecular formula is C9H6F2N2O3. The van der Waals surface area contributed by atoms with Gasteiger partial charge in [-0.1, -0.05) is 0 Å². The number of aliphatic imine (C=N–C) groups is 1. The fourth-order valence-electron chi connectivity index (χ4n) is 1.17. The third-order valence-electron chi connectivity index (χ3n) is 1.90. The molecule has 0 aliphatic heterocycles.